The molecule has 104 valence electrons. The first kappa shape index (κ1) is 13.5. The van der Waals surface area contributed by atoms with Gasteiger partial charge in [0.25, 0.3) is 5.91 Å². The second-order valence-electron chi connectivity index (χ2n) is 4.59. The minimum atomic E-state index is -0.145. The van der Waals surface area contributed by atoms with E-state index in [9.17, 15) is 4.79 Å². The molecule has 20 heavy (non-hydrogen) atoms. The van der Waals surface area contributed by atoms with E-state index < -0.39 is 0 Å². The fourth-order valence-corrected chi connectivity index (χ4v) is 3.31. The van der Waals surface area contributed by atoms with Crippen molar-refractivity contribution in [1.82, 2.24) is 5.16 Å². The number of halogens is 1. The Kier molecular flexibility index (Phi) is 3.72. The van der Waals surface area contributed by atoms with Gasteiger partial charge in [-0.05, 0) is 37.3 Å². The number of hydrogen-bond acceptors (Lipinski definition) is 4. The molecule has 0 atom stereocenters. The highest BCUT2D eigenvalue weighted by atomic mass is 35.5. The SMILES string of the molecule is Cc1cc(C(=O)N2CCCSc3ccc(Cl)cc32)no1. The van der Waals surface area contributed by atoms with E-state index in [1.807, 2.05) is 18.2 Å². The van der Waals surface area contributed by atoms with Crippen LogP contribution in [0.1, 0.15) is 22.7 Å². The van der Waals surface area contributed by atoms with Crippen molar-refractivity contribution in [2.45, 2.75) is 18.2 Å². The third kappa shape index (κ3) is 2.55. The summed E-state index contributed by atoms with van der Waals surface area (Å²) in [7, 11) is 0. The lowest BCUT2D eigenvalue weighted by Gasteiger charge is -2.21. The van der Waals surface area contributed by atoms with Crippen LogP contribution in [0.15, 0.2) is 33.7 Å². The Morgan fingerprint density at radius 2 is 2.30 bits per heavy atom. The monoisotopic (exact) mass is 308 g/mol. The largest absolute Gasteiger partial charge is 0.361 e. The Balaban J connectivity index is 2.01. The van der Waals surface area contributed by atoms with E-state index >= 15 is 0 Å². The normalized spacial score (nSPS) is 14.8. The molecule has 0 spiro atoms. The van der Waals surface area contributed by atoms with Crippen molar-refractivity contribution < 1.29 is 9.32 Å². The molecule has 0 saturated carbocycles. The average Bonchev–Trinajstić information content (AvgIpc) is 2.75. The van der Waals surface area contributed by atoms with Gasteiger partial charge in [-0.1, -0.05) is 16.8 Å². The van der Waals surface area contributed by atoms with Gasteiger partial charge < -0.3 is 9.42 Å². The third-order valence-corrected chi connectivity index (χ3v) is 4.47. The van der Waals surface area contributed by atoms with Gasteiger partial charge in [0.05, 0.1) is 5.69 Å². The standard InChI is InChI=1S/C14H13ClN2O2S/c1-9-7-11(16-19-9)14(18)17-5-2-6-20-13-4-3-10(15)8-12(13)17/h3-4,7-8H,2,5-6H2,1H3. The molecule has 1 aromatic carbocycles. The van der Waals surface area contributed by atoms with Gasteiger partial charge in [-0.25, -0.2) is 0 Å². The van der Waals surface area contributed by atoms with Crippen LogP contribution in [0.2, 0.25) is 5.02 Å². The molecule has 1 aliphatic rings. The lowest BCUT2D eigenvalue weighted by atomic mass is 10.2. The van der Waals surface area contributed by atoms with E-state index in [0.29, 0.717) is 23.0 Å². The highest BCUT2D eigenvalue weighted by Gasteiger charge is 2.25. The second-order valence-corrected chi connectivity index (χ2v) is 6.17. The van der Waals surface area contributed by atoms with Gasteiger partial charge in [0.2, 0.25) is 0 Å². The number of nitrogens with zero attached hydrogens (tertiary/aromatic N) is 2. The maximum atomic E-state index is 12.6. The van der Waals surface area contributed by atoms with Crippen molar-refractivity contribution in [2.24, 2.45) is 0 Å². The zero-order chi connectivity index (χ0) is 14.1. The summed E-state index contributed by atoms with van der Waals surface area (Å²) < 4.78 is 4.99. The van der Waals surface area contributed by atoms with Gasteiger partial charge in [-0.15, -0.1) is 11.8 Å². The number of carbonyl (C=O) groups excluding carboxylic acids is 1. The van der Waals surface area contributed by atoms with Gasteiger partial charge in [0.15, 0.2) is 5.69 Å². The maximum absolute atomic E-state index is 12.6. The first-order valence-corrected chi connectivity index (χ1v) is 7.69. The van der Waals surface area contributed by atoms with Crippen molar-refractivity contribution in [3.05, 3.63) is 40.7 Å². The number of anilines is 1. The topological polar surface area (TPSA) is 46.3 Å². The quantitative estimate of drug-likeness (QED) is 0.804. The number of aryl methyl sites for hydroxylation is 1. The fraction of sp³-hybridized carbons (Fsp3) is 0.286. The van der Waals surface area contributed by atoms with Gasteiger partial charge in [-0.3, -0.25) is 4.79 Å². The Labute approximate surface area is 126 Å². The van der Waals surface area contributed by atoms with Crippen molar-refractivity contribution in [3.63, 3.8) is 0 Å². The van der Waals surface area contributed by atoms with Crippen LogP contribution in [0.4, 0.5) is 5.69 Å². The number of benzene rings is 1. The van der Waals surface area contributed by atoms with Crippen LogP contribution in [-0.4, -0.2) is 23.4 Å². The summed E-state index contributed by atoms with van der Waals surface area (Å²) in [5, 5.41) is 4.44. The molecule has 1 aromatic heterocycles. The van der Waals surface area contributed by atoms with Crippen LogP contribution in [0.3, 0.4) is 0 Å². The Morgan fingerprint density at radius 1 is 1.45 bits per heavy atom. The number of carbonyl (C=O) groups is 1. The van der Waals surface area contributed by atoms with E-state index in [2.05, 4.69) is 5.16 Å². The molecule has 6 heteroatoms. The molecule has 4 nitrogen and oxygen atoms in total. The number of amides is 1. The predicted molar refractivity (Wildman–Crippen MR) is 79.7 cm³/mol. The van der Waals surface area contributed by atoms with Crippen molar-refractivity contribution in [2.75, 3.05) is 17.2 Å². The van der Waals surface area contributed by atoms with Crippen molar-refractivity contribution in [1.29, 1.82) is 0 Å². The van der Waals surface area contributed by atoms with E-state index in [-0.39, 0.29) is 5.91 Å². The Hall–Kier alpha value is -1.46. The van der Waals surface area contributed by atoms with Crippen LogP contribution in [0, 0.1) is 6.92 Å². The molecule has 0 radical (unpaired) electrons. The van der Waals surface area contributed by atoms with Gasteiger partial charge in [0, 0.05) is 22.5 Å². The van der Waals surface area contributed by atoms with E-state index in [0.717, 1.165) is 22.8 Å². The summed E-state index contributed by atoms with van der Waals surface area (Å²) in [5.74, 6) is 1.47. The highest BCUT2D eigenvalue weighted by Crippen LogP contribution is 2.36. The number of thioether (sulfide) groups is 1. The van der Waals surface area contributed by atoms with Crippen molar-refractivity contribution in [3.8, 4) is 0 Å². The second kappa shape index (κ2) is 5.50. The van der Waals surface area contributed by atoms with E-state index in [1.165, 1.54) is 0 Å². The first-order valence-electron chi connectivity index (χ1n) is 6.33. The summed E-state index contributed by atoms with van der Waals surface area (Å²) in [6, 6.07) is 7.30. The summed E-state index contributed by atoms with van der Waals surface area (Å²) in [4.78, 5) is 15.4. The van der Waals surface area contributed by atoms with Crippen LogP contribution in [0.25, 0.3) is 0 Å². The predicted octanol–water partition coefficient (Wildman–Crippen LogP) is 3.78. The molecule has 0 fully saturated rings. The molecule has 1 amide bonds. The smallest absolute Gasteiger partial charge is 0.280 e. The van der Waals surface area contributed by atoms with Crippen LogP contribution >= 0.6 is 23.4 Å². The van der Waals surface area contributed by atoms with Gasteiger partial charge >= 0.3 is 0 Å². The summed E-state index contributed by atoms with van der Waals surface area (Å²) in [6.07, 6.45) is 0.930. The third-order valence-electron chi connectivity index (χ3n) is 3.09. The first-order chi connectivity index (χ1) is 9.65. The van der Waals surface area contributed by atoms with Crippen molar-refractivity contribution >= 4 is 35.0 Å². The molecule has 3 rings (SSSR count). The lowest BCUT2D eigenvalue weighted by molar-refractivity contribution is 0.0978. The summed E-state index contributed by atoms with van der Waals surface area (Å²) in [5.41, 5.74) is 1.19. The fourth-order valence-electron chi connectivity index (χ4n) is 2.17. The molecular formula is C14H13ClN2O2S. The molecule has 1 aliphatic heterocycles. The zero-order valence-electron chi connectivity index (χ0n) is 10.9. The minimum Gasteiger partial charge on any atom is -0.361 e. The molecule has 0 N–H and O–H groups in total. The number of aromatic nitrogens is 1. The van der Waals surface area contributed by atoms with E-state index in [1.54, 1.807) is 29.7 Å². The zero-order valence-corrected chi connectivity index (χ0v) is 12.5. The van der Waals surface area contributed by atoms with E-state index in [4.69, 9.17) is 16.1 Å². The maximum Gasteiger partial charge on any atom is 0.280 e. The molecule has 2 heterocycles. The van der Waals surface area contributed by atoms with Gasteiger partial charge in [-0.2, -0.15) is 0 Å². The van der Waals surface area contributed by atoms with Crippen LogP contribution in [0.5, 0.6) is 0 Å². The van der Waals surface area contributed by atoms with Gasteiger partial charge in [0.1, 0.15) is 5.76 Å². The Morgan fingerprint density at radius 3 is 3.05 bits per heavy atom. The summed E-state index contributed by atoms with van der Waals surface area (Å²) >= 11 is 7.81. The molecule has 0 unspecified atom stereocenters. The number of rotatable bonds is 1. The Bertz CT molecular complexity index is 656. The molecule has 0 aliphatic carbocycles. The highest BCUT2D eigenvalue weighted by molar-refractivity contribution is 7.99. The molecule has 0 saturated heterocycles. The number of hydrogen-bond donors (Lipinski definition) is 0. The van der Waals surface area contributed by atoms with Crippen LogP contribution in [-0.2, 0) is 0 Å². The summed E-state index contributed by atoms with van der Waals surface area (Å²) in [6.45, 7) is 2.43. The van der Waals surface area contributed by atoms with Crippen LogP contribution < -0.4 is 4.90 Å². The average molecular weight is 309 g/mol. The lowest BCUT2D eigenvalue weighted by Crippen LogP contribution is -2.32. The molecular weight excluding hydrogens is 296 g/mol. The molecule has 0 bridgehead atoms. The minimum absolute atomic E-state index is 0.145. The number of fused-ring (bicyclic) bond motifs is 1. The molecule has 2 aromatic rings.